The summed E-state index contributed by atoms with van der Waals surface area (Å²) in [6.07, 6.45) is 81.9. The SMILES string of the molecule is CCCCCCCCCCCCCCC/C=C/CC/C=C/C(O)C(COP(=O)([O-])OCC[N+](C)(C)C)NC(=O)CCCCCCCCCCCCCCCCCCCCCCCCCCCCCCCCCCCCCCCCC. The fraction of sp³-hybridized carbons (Fsp3) is 0.930. The van der Waals surface area contributed by atoms with E-state index in [9.17, 15) is 19.4 Å². The molecule has 8 nitrogen and oxygen atoms in total. The molecule has 0 saturated heterocycles. The normalized spacial score (nSPS) is 13.7. The molecule has 2 N–H and O–H groups in total. The van der Waals surface area contributed by atoms with Crippen LogP contribution in [0.1, 0.15) is 373 Å². The Morgan fingerprint density at radius 3 is 1.01 bits per heavy atom. The summed E-state index contributed by atoms with van der Waals surface area (Å²) in [6.45, 7) is 4.69. The molecule has 0 fully saturated rings. The maximum Gasteiger partial charge on any atom is 0.268 e. The van der Waals surface area contributed by atoms with Crippen LogP contribution in [0.3, 0.4) is 0 Å². The third-order valence-electron chi connectivity index (χ3n) is 16.7. The molecule has 0 saturated carbocycles. The number of nitrogens with one attached hydrogen (secondary N) is 1. The number of phosphoric acid groups is 1. The van der Waals surface area contributed by atoms with Crippen LogP contribution in [0.25, 0.3) is 0 Å². The topological polar surface area (TPSA) is 108 Å². The van der Waals surface area contributed by atoms with Crippen LogP contribution in [0.15, 0.2) is 24.3 Å². The molecule has 3 atom stereocenters. The van der Waals surface area contributed by atoms with Gasteiger partial charge in [0.1, 0.15) is 13.2 Å². The minimum absolute atomic E-state index is 0.00355. The van der Waals surface area contributed by atoms with Gasteiger partial charge in [-0.25, -0.2) is 0 Å². The predicted octanol–water partition coefficient (Wildman–Crippen LogP) is 22.0. The number of aliphatic hydroxyl groups is 1. The van der Waals surface area contributed by atoms with Gasteiger partial charge in [-0.15, -0.1) is 0 Å². The number of unbranched alkanes of at least 4 members (excludes halogenated alkanes) is 52. The molecule has 80 heavy (non-hydrogen) atoms. The van der Waals surface area contributed by atoms with Gasteiger partial charge >= 0.3 is 0 Å². The highest BCUT2D eigenvalue weighted by Gasteiger charge is 2.23. The molecule has 1 amide bonds. The number of amides is 1. The van der Waals surface area contributed by atoms with Gasteiger partial charge in [-0.1, -0.05) is 359 Å². The van der Waals surface area contributed by atoms with Crippen molar-refractivity contribution < 1.29 is 32.9 Å². The molecule has 476 valence electrons. The lowest BCUT2D eigenvalue weighted by molar-refractivity contribution is -0.870. The van der Waals surface area contributed by atoms with E-state index in [1.165, 1.54) is 315 Å². The molecule has 0 aliphatic carbocycles. The van der Waals surface area contributed by atoms with Gasteiger partial charge in [0.15, 0.2) is 0 Å². The molecule has 0 bridgehead atoms. The Labute approximate surface area is 500 Å². The summed E-state index contributed by atoms with van der Waals surface area (Å²) in [5.41, 5.74) is 0. The molecule has 0 aromatic rings. The summed E-state index contributed by atoms with van der Waals surface area (Å²) in [7, 11) is 1.26. The number of carbonyl (C=O) groups excluding carboxylic acids is 1. The summed E-state index contributed by atoms with van der Waals surface area (Å²) in [6, 6.07) is -0.901. The van der Waals surface area contributed by atoms with Crippen LogP contribution in [-0.4, -0.2) is 68.5 Å². The Bertz CT molecular complexity index is 1350. The van der Waals surface area contributed by atoms with E-state index < -0.39 is 20.0 Å². The molecule has 3 unspecified atom stereocenters. The highest BCUT2D eigenvalue weighted by Crippen LogP contribution is 2.38. The quantitative estimate of drug-likeness (QED) is 0.0272. The largest absolute Gasteiger partial charge is 0.756 e. The van der Waals surface area contributed by atoms with Crippen LogP contribution in [0.4, 0.5) is 0 Å². The second-order valence-corrected chi connectivity index (χ2v) is 27.4. The van der Waals surface area contributed by atoms with Crippen LogP contribution in [-0.2, 0) is 18.4 Å². The number of aliphatic hydroxyl groups excluding tert-OH is 1. The van der Waals surface area contributed by atoms with Crippen molar-refractivity contribution in [1.82, 2.24) is 5.32 Å². The Morgan fingerprint density at radius 2 is 0.700 bits per heavy atom. The molecular weight excluding hydrogens is 1010 g/mol. The van der Waals surface area contributed by atoms with Crippen LogP contribution < -0.4 is 10.2 Å². The van der Waals surface area contributed by atoms with Gasteiger partial charge in [0.2, 0.25) is 5.91 Å². The summed E-state index contributed by atoms with van der Waals surface area (Å²) < 4.78 is 23.4. The molecule has 9 heteroatoms. The molecule has 0 aromatic carbocycles. The summed E-state index contributed by atoms with van der Waals surface area (Å²) in [5.74, 6) is -0.199. The number of hydrogen-bond donors (Lipinski definition) is 2. The van der Waals surface area contributed by atoms with Crippen molar-refractivity contribution in [3.63, 3.8) is 0 Å². The number of likely N-dealkylation sites (N-methyl/N-ethyl adjacent to an activating group) is 1. The molecule has 0 rings (SSSR count). The monoisotopic (exact) mass is 1150 g/mol. The van der Waals surface area contributed by atoms with Gasteiger partial charge in [0.05, 0.1) is 39.9 Å². The number of allylic oxidation sites excluding steroid dienone is 3. The molecule has 0 aliphatic heterocycles. The van der Waals surface area contributed by atoms with Gasteiger partial charge in [-0.3, -0.25) is 9.36 Å². The second-order valence-electron chi connectivity index (χ2n) is 25.9. The molecule has 0 spiro atoms. The van der Waals surface area contributed by atoms with E-state index in [0.717, 1.165) is 38.5 Å². The number of rotatable bonds is 67. The first-order chi connectivity index (χ1) is 39.0. The van der Waals surface area contributed by atoms with Crippen LogP contribution in [0.5, 0.6) is 0 Å². The lowest BCUT2D eigenvalue weighted by Crippen LogP contribution is -2.45. The van der Waals surface area contributed by atoms with Gasteiger partial charge in [0, 0.05) is 6.42 Å². The lowest BCUT2D eigenvalue weighted by Gasteiger charge is -2.29. The Balaban J connectivity index is 3.91. The maximum absolute atomic E-state index is 13.0. The van der Waals surface area contributed by atoms with Crippen molar-refractivity contribution in [2.75, 3.05) is 40.9 Å². The van der Waals surface area contributed by atoms with Gasteiger partial charge in [0.25, 0.3) is 7.82 Å². The highest BCUT2D eigenvalue weighted by molar-refractivity contribution is 7.45. The van der Waals surface area contributed by atoms with Crippen molar-refractivity contribution in [3.05, 3.63) is 24.3 Å². The van der Waals surface area contributed by atoms with Crippen molar-refractivity contribution in [1.29, 1.82) is 0 Å². The number of phosphoric ester groups is 1. The lowest BCUT2D eigenvalue weighted by atomic mass is 10.0. The van der Waals surface area contributed by atoms with Gasteiger partial charge < -0.3 is 28.8 Å². The fourth-order valence-electron chi connectivity index (χ4n) is 11.1. The number of carbonyl (C=O) groups is 1. The van der Waals surface area contributed by atoms with Gasteiger partial charge in [-0.2, -0.15) is 0 Å². The Hall–Kier alpha value is -1.02. The second kappa shape index (κ2) is 62.5. The molecular formula is C71H141N2O6P. The zero-order valence-electron chi connectivity index (χ0n) is 54.6. The summed E-state index contributed by atoms with van der Waals surface area (Å²) in [4.78, 5) is 25.6. The minimum atomic E-state index is -4.61. The summed E-state index contributed by atoms with van der Waals surface area (Å²) in [5, 5.41) is 13.9. The highest BCUT2D eigenvalue weighted by atomic mass is 31.2. The third kappa shape index (κ3) is 64.5. The van der Waals surface area contributed by atoms with Crippen molar-refractivity contribution >= 4 is 13.7 Å². The first-order valence-electron chi connectivity index (χ1n) is 35.7. The van der Waals surface area contributed by atoms with Crippen LogP contribution in [0.2, 0.25) is 0 Å². The van der Waals surface area contributed by atoms with E-state index in [-0.39, 0.29) is 19.1 Å². The van der Waals surface area contributed by atoms with E-state index in [1.807, 2.05) is 27.2 Å². The first kappa shape index (κ1) is 79.0. The minimum Gasteiger partial charge on any atom is -0.756 e. The van der Waals surface area contributed by atoms with E-state index >= 15 is 0 Å². The van der Waals surface area contributed by atoms with Gasteiger partial charge in [-0.05, 0) is 32.1 Å². The fourth-order valence-corrected chi connectivity index (χ4v) is 11.8. The van der Waals surface area contributed by atoms with E-state index in [2.05, 4.69) is 31.3 Å². The Kier molecular flexibility index (Phi) is 61.7. The smallest absolute Gasteiger partial charge is 0.268 e. The number of nitrogens with zero attached hydrogens (tertiary/aromatic N) is 1. The van der Waals surface area contributed by atoms with Crippen LogP contribution in [0, 0.1) is 0 Å². The number of hydrogen-bond acceptors (Lipinski definition) is 6. The van der Waals surface area contributed by atoms with E-state index in [4.69, 9.17) is 9.05 Å². The molecule has 0 aromatic heterocycles. The van der Waals surface area contributed by atoms with Crippen molar-refractivity contribution in [2.24, 2.45) is 0 Å². The third-order valence-corrected chi connectivity index (χ3v) is 17.6. The number of quaternary nitrogens is 1. The van der Waals surface area contributed by atoms with Crippen molar-refractivity contribution in [2.45, 2.75) is 386 Å². The maximum atomic E-state index is 13.0. The van der Waals surface area contributed by atoms with E-state index in [0.29, 0.717) is 17.4 Å². The standard InChI is InChI=1S/C71H141N2O6P/c1-6-8-10-12-14-16-18-20-22-24-26-27-28-29-30-31-32-33-34-35-36-37-38-39-40-41-42-43-44-45-47-49-51-53-55-57-59-61-63-65-71(75)72-69(68-79-80(76,77)78-67-66-73(3,4)5)70(74)64-62-60-58-56-54-52-50-48-46-25-23-21-19-17-15-13-11-9-7-2/h54,56,62,64,69-70,74H,6-53,55,57-61,63,65-68H2,1-5H3,(H-,72,75,76,77)/b56-54+,64-62+. The van der Waals surface area contributed by atoms with Crippen LogP contribution >= 0.6 is 7.82 Å². The van der Waals surface area contributed by atoms with E-state index in [1.54, 1.807) is 6.08 Å². The average Bonchev–Trinajstić information content (AvgIpc) is 3.42. The zero-order chi connectivity index (χ0) is 58.4. The predicted molar refractivity (Wildman–Crippen MR) is 349 cm³/mol. The first-order valence-corrected chi connectivity index (χ1v) is 37.2. The molecule has 0 heterocycles. The Morgan fingerprint density at radius 1 is 0.425 bits per heavy atom. The summed E-state index contributed by atoms with van der Waals surface area (Å²) >= 11 is 0. The molecule has 0 radical (unpaired) electrons. The molecule has 0 aliphatic rings. The van der Waals surface area contributed by atoms with Crippen molar-refractivity contribution in [3.8, 4) is 0 Å². The average molecular weight is 1150 g/mol. The zero-order valence-corrected chi connectivity index (χ0v) is 55.5.